The predicted octanol–water partition coefficient (Wildman–Crippen LogP) is 2.65. The maximum Gasteiger partial charge on any atom is 0.387 e. The van der Waals surface area contributed by atoms with Crippen LogP contribution in [-0.2, 0) is 0 Å². The second kappa shape index (κ2) is 7.06. The van der Waals surface area contributed by atoms with Crippen LogP contribution in [0.3, 0.4) is 0 Å². The number of amides is 1. The molecule has 94 valence electrons. The van der Waals surface area contributed by atoms with Crippen molar-refractivity contribution in [2.45, 2.75) is 13.0 Å². The lowest BCUT2D eigenvalue weighted by Gasteiger charge is -2.10. The van der Waals surface area contributed by atoms with Gasteiger partial charge in [-0.3, -0.25) is 4.79 Å². The molecule has 0 aliphatic carbocycles. The number of ether oxygens (including phenoxy) is 1. The first kappa shape index (κ1) is 13.7. The van der Waals surface area contributed by atoms with Crippen molar-refractivity contribution >= 4 is 17.5 Å². The summed E-state index contributed by atoms with van der Waals surface area (Å²) in [4.78, 5) is 11.6. The second-order valence-corrected chi connectivity index (χ2v) is 3.55. The van der Waals surface area contributed by atoms with Crippen molar-refractivity contribution in [2.75, 3.05) is 12.4 Å². The van der Waals surface area contributed by atoms with Gasteiger partial charge in [-0.05, 0) is 18.6 Å². The lowest BCUT2D eigenvalue weighted by Crippen LogP contribution is -2.25. The molecule has 0 radical (unpaired) electrons. The molecule has 0 unspecified atom stereocenters. The lowest BCUT2D eigenvalue weighted by atomic mass is 10.2. The Labute approximate surface area is 103 Å². The molecule has 0 fully saturated rings. The van der Waals surface area contributed by atoms with Crippen LogP contribution >= 0.6 is 11.6 Å². The number of rotatable bonds is 6. The molecule has 1 N–H and O–H groups in total. The summed E-state index contributed by atoms with van der Waals surface area (Å²) in [6.07, 6.45) is 0.616. The fourth-order valence-corrected chi connectivity index (χ4v) is 1.35. The molecule has 3 nitrogen and oxygen atoms in total. The summed E-state index contributed by atoms with van der Waals surface area (Å²) in [6, 6.07) is 5.85. The maximum atomic E-state index is 12.1. The third-order valence-electron chi connectivity index (χ3n) is 1.94. The summed E-state index contributed by atoms with van der Waals surface area (Å²) in [5.74, 6) is -0.160. The molecule has 0 atom stereocenters. The minimum atomic E-state index is -2.95. The molecule has 0 bridgehead atoms. The van der Waals surface area contributed by atoms with Gasteiger partial charge in [0.15, 0.2) is 0 Å². The normalized spacial score (nSPS) is 10.4. The number of hydrogen-bond donors (Lipinski definition) is 1. The van der Waals surface area contributed by atoms with Gasteiger partial charge in [0.2, 0.25) is 0 Å². The number of alkyl halides is 3. The van der Waals surface area contributed by atoms with Crippen LogP contribution in [0.4, 0.5) is 8.78 Å². The highest BCUT2D eigenvalue weighted by atomic mass is 35.5. The molecule has 1 amide bonds. The van der Waals surface area contributed by atoms with Gasteiger partial charge in [0.1, 0.15) is 5.75 Å². The average Bonchev–Trinajstić information content (AvgIpc) is 2.29. The van der Waals surface area contributed by atoms with Crippen molar-refractivity contribution in [1.29, 1.82) is 0 Å². The summed E-state index contributed by atoms with van der Waals surface area (Å²) < 4.78 is 28.5. The highest BCUT2D eigenvalue weighted by Gasteiger charge is 2.14. The van der Waals surface area contributed by atoms with Gasteiger partial charge in [-0.25, -0.2) is 0 Å². The van der Waals surface area contributed by atoms with Crippen LogP contribution in [0, 0.1) is 0 Å². The van der Waals surface area contributed by atoms with Gasteiger partial charge in [0, 0.05) is 12.4 Å². The first-order valence-electron chi connectivity index (χ1n) is 5.03. The lowest BCUT2D eigenvalue weighted by molar-refractivity contribution is -0.0501. The van der Waals surface area contributed by atoms with Gasteiger partial charge < -0.3 is 10.1 Å². The summed E-state index contributed by atoms with van der Waals surface area (Å²) in [5.41, 5.74) is 0.0855. The largest absolute Gasteiger partial charge is 0.434 e. The zero-order valence-corrected chi connectivity index (χ0v) is 9.71. The molecular weight excluding hydrogens is 252 g/mol. The summed E-state index contributed by atoms with van der Waals surface area (Å²) in [7, 11) is 0. The van der Waals surface area contributed by atoms with Crippen LogP contribution in [-0.4, -0.2) is 24.9 Å². The zero-order chi connectivity index (χ0) is 12.7. The zero-order valence-electron chi connectivity index (χ0n) is 8.96. The van der Waals surface area contributed by atoms with E-state index in [9.17, 15) is 13.6 Å². The second-order valence-electron chi connectivity index (χ2n) is 3.17. The van der Waals surface area contributed by atoms with Gasteiger partial charge in [-0.2, -0.15) is 8.78 Å². The van der Waals surface area contributed by atoms with Crippen LogP contribution in [0.2, 0.25) is 0 Å². The van der Waals surface area contributed by atoms with Crippen molar-refractivity contribution in [2.24, 2.45) is 0 Å². The molecule has 0 saturated carbocycles. The number of para-hydroxylation sites is 1. The molecule has 17 heavy (non-hydrogen) atoms. The highest BCUT2D eigenvalue weighted by Crippen LogP contribution is 2.19. The Morgan fingerprint density at radius 3 is 2.76 bits per heavy atom. The number of carbonyl (C=O) groups excluding carboxylic acids is 1. The number of nitrogens with one attached hydrogen (secondary N) is 1. The predicted molar refractivity (Wildman–Crippen MR) is 60.7 cm³/mol. The van der Waals surface area contributed by atoms with Gasteiger partial charge in [-0.15, -0.1) is 11.6 Å². The van der Waals surface area contributed by atoms with Crippen molar-refractivity contribution in [1.82, 2.24) is 5.32 Å². The topological polar surface area (TPSA) is 38.3 Å². The Hall–Kier alpha value is -1.36. The van der Waals surface area contributed by atoms with Crippen LogP contribution in [0.5, 0.6) is 5.75 Å². The molecular formula is C11H12ClF2NO2. The molecule has 0 aromatic heterocycles. The van der Waals surface area contributed by atoms with Gasteiger partial charge >= 0.3 is 6.61 Å². The van der Waals surface area contributed by atoms with E-state index in [1.165, 1.54) is 18.2 Å². The third kappa shape index (κ3) is 4.56. The molecule has 1 aromatic rings. The summed E-state index contributed by atoms with van der Waals surface area (Å²) >= 11 is 5.46. The minimum Gasteiger partial charge on any atom is -0.434 e. The number of hydrogen-bond acceptors (Lipinski definition) is 2. The standard InChI is InChI=1S/C11H12ClF2NO2/c12-6-3-7-15-10(16)8-4-1-2-5-9(8)17-11(13)14/h1-2,4-5,11H,3,6-7H2,(H,15,16). The smallest absolute Gasteiger partial charge is 0.387 e. The fraction of sp³-hybridized carbons (Fsp3) is 0.364. The first-order valence-corrected chi connectivity index (χ1v) is 5.56. The van der Waals surface area contributed by atoms with E-state index in [2.05, 4.69) is 10.1 Å². The SMILES string of the molecule is O=C(NCCCCl)c1ccccc1OC(F)F. The summed E-state index contributed by atoms with van der Waals surface area (Å²) in [6.45, 7) is -2.56. The van der Waals surface area contributed by atoms with Gasteiger partial charge in [0.05, 0.1) is 5.56 Å². The van der Waals surface area contributed by atoms with Crippen molar-refractivity contribution < 1.29 is 18.3 Å². The number of carbonyl (C=O) groups is 1. The fourth-order valence-electron chi connectivity index (χ4n) is 1.22. The average molecular weight is 264 g/mol. The van der Waals surface area contributed by atoms with E-state index in [1.54, 1.807) is 6.07 Å². The van der Waals surface area contributed by atoms with Crippen LogP contribution in [0.15, 0.2) is 24.3 Å². The molecule has 1 rings (SSSR count). The van der Waals surface area contributed by atoms with E-state index in [0.29, 0.717) is 18.8 Å². The summed E-state index contributed by atoms with van der Waals surface area (Å²) in [5, 5.41) is 2.57. The monoisotopic (exact) mass is 263 g/mol. The Morgan fingerprint density at radius 1 is 1.41 bits per heavy atom. The van der Waals surface area contributed by atoms with E-state index in [-0.39, 0.29) is 11.3 Å². The van der Waals surface area contributed by atoms with Crippen LogP contribution in [0.1, 0.15) is 16.8 Å². The Balaban J connectivity index is 2.71. The molecule has 0 saturated heterocycles. The van der Waals surface area contributed by atoms with E-state index >= 15 is 0 Å². The Bertz CT molecular complexity index is 374. The van der Waals surface area contributed by atoms with Crippen LogP contribution in [0.25, 0.3) is 0 Å². The van der Waals surface area contributed by atoms with E-state index in [1.807, 2.05) is 0 Å². The van der Waals surface area contributed by atoms with Gasteiger partial charge in [-0.1, -0.05) is 12.1 Å². The van der Waals surface area contributed by atoms with Crippen molar-refractivity contribution in [3.05, 3.63) is 29.8 Å². The molecule has 0 aliphatic heterocycles. The number of benzene rings is 1. The van der Waals surface area contributed by atoms with Crippen molar-refractivity contribution in [3.63, 3.8) is 0 Å². The van der Waals surface area contributed by atoms with E-state index in [4.69, 9.17) is 11.6 Å². The van der Waals surface area contributed by atoms with E-state index < -0.39 is 12.5 Å². The van der Waals surface area contributed by atoms with Gasteiger partial charge in [0.25, 0.3) is 5.91 Å². The molecule has 0 aliphatic rings. The Morgan fingerprint density at radius 2 is 2.12 bits per heavy atom. The maximum absolute atomic E-state index is 12.1. The number of halogens is 3. The Kier molecular flexibility index (Phi) is 5.69. The first-order chi connectivity index (χ1) is 8.15. The highest BCUT2D eigenvalue weighted by molar-refractivity contribution is 6.17. The van der Waals surface area contributed by atoms with E-state index in [0.717, 1.165) is 0 Å². The molecule has 0 spiro atoms. The van der Waals surface area contributed by atoms with Crippen molar-refractivity contribution in [3.8, 4) is 5.75 Å². The minimum absolute atomic E-state index is 0.0855. The quantitative estimate of drug-likeness (QED) is 0.633. The molecule has 0 heterocycles. The van der Waals surface area contributed by atoms with Crippen LogP contribution < -0.4 is 10.1 Å². The molecule has 1 aromatic carbocycles. The molecule has 6 heteroatoms. The third-order valence-corrected chi connectivity index (χ3v) is 2.21.